The molecule has 0 aromatic rings. The van der Waals surface area contributed by atoms with Gasteiger partial charge in [0.25, 0.3) is 0 Å². The number of hydrogen-bond donors (Lipinski definition) is 0. The van der Waals surface area contributed by atoms with Crippen LogP contribution in [0.4, 0.5) is 0 Å². The molecule has 0 unspecified atom stereocenters. The van der Waals surface area contributed by atoms with Crippen LogP contribution in [0.25, 0.3) is 0 Å². The lowest BCUT2D eigenvalue weighted by atomic mass is 9.81. The van der Waals surface area contributed by atoms with E-state index in [9.17, 15) is 4.79 Å². The summed E-state index contributed by atoms with van der Waals surface area (Å²) in [6, 6.07) is 0. The van der Waals surface area contributed by atoms with Crippen molar-refractivity contribution in [3.05, 3.63) is 0 Å². The van der Waals surface area contributed by atoms with E-state index in [-0.39, 0.29) is 5.41 Å². The van der Waals surface area contributed by atoms with Crippen molar-refractivity contribution in [2.75, 3.05) is 47.1 Å². The Kier molecular flexibility index (Phi) is 5.95. The van der Waals surface area contributed by atoms with Crippen LogP contribution in [0.2, 0.25) is 0 Å². The first-order valence-corrected chi connectivity index (χ1v) is 5.94. The van der Waals surface area contributed by atoms with E-state index in [1.54, 1.807) is 7.11 Å². The van der Waals surface area contributed by atoms with Crippen molar-refractivity contribution < 1.29 is 14.3 Å². The summed E-state index contributed by atoms with van der Waals surface area (Å²) in [6.45, 7) is 4.02. The van der Waals surface area contributed by atoms with Crippen LogP contribution in [0.5, 0.6) is 0 Å². The fourth-order valence-corrected chi connectivity index (χ4v) is 2.19. The second-order valence-corrected chi connectivity index (χ2v) is 4.68. The Labute approximate surface area is 97.9 Å². The van der Waals surface area contributed by atoms with Gasteiger partial charge in [0, 0.05) is 45.4 Å². The van der Waals surface area contributed by atoms with Gasteiger partial charge in [-0.1, -0.05) is 0 Å². The average molecular weight is 229 g/mol. The number of carbonyl (C=O) groups excluding carboxylic acids is 1. The third kappa shape index (κ3) is 4.20. The van der Waals surface area contributed by atoms with Gasteiger partial charge in [0.1, 0.15) is 6.29 Å². The second-order valence-electron chi connectivity index (χ2n) is 4.68. The highest BCUT2D eigenvalue weighted by molar-refractivity contribution is 5.60. The molecule has 1 saturated heterocycles. The second kappa shape index (κ2) is 6.99. The lowest BCUT2D eigenvalue weighted by molar-refractivity contribution is -0.122. The van der Waals surface area contributed by atoms with E-state index in [1.165, 1.54) is 0 Å². The quantitative estimate of drug-likeness (QED) is 0.481. The highest BCUT2D eigenvalue weighted by Crippen LogP contribution is 2.28. The molecule has 0 aliphatic carbocycles. The molecule has 0 aromatic heterocycles. The van der Waals surface area contributed by atoms with Crippen molar-refractivity contribution >= 4 is 6.29 Å². The first kappa shape index (κ1) is 13.6. The van der Waals surface area contributed by atoms with Crippen molar-refractivity contribution in [1.82, 2.24) is 4.90 Å². The van der Waals surface area contributed by atoms with E-state index in [0.29, 0.717) is 13.2 Å². The van der Waals surface area contributed by atoms with Gasteiger partial charge >= 0.3 is 0 Å². The summed E-state index contributed by atoms with van der Waals surface area (Å²) in [6.07, 6.45) is 3.84. The Balaban J connectivity index is 2.33. The summed E-state index contributed by atoms with van der Waals surface area (Å²) >= 11 is 0. The first-order chi connectivity index (χ1) is 7.72. The van der Waals surface area contributed by atoms with Crippen molar-refractivity contribution in [3.8, 4) is 0 Å². The van der Waals surface area contributed by atoms with Crippen molar-refractivity contribution in [2.45, 2.75) is 19.3 Å². The van der Waals surface area contributed by atoms with Crippen LogP contribution in [0, 0.1) is 5.41 Å². The van der Waals surface area contributed by atoms with Gasteiger partial charge in [-0.15, -0.1) is 0 Å². The predicted molar refractivity (Wildman–Crippen MR) is 62.5 cm³/mol. The molecule has 0 amide bonds. The van der Waals surface area contributed by atoms with E-state index in [1.807, 2.05) is 0 Å². The van der Waals surface area contributed by atoms with E-state index in [2.05, 4.69) is 11.9 Å². The molecule has 1 fully saturated rings. The Morgan fingerprint density at radius 2 is 2.12 bits per heavy atom. The largest absolute Gasteiger partial charge is 0.385 e. The standard InChI is InChI=1S/C12H23NO3/c1-13(6-3-7-15-2)10-12(11-14)4-8-16-9-5-12/h11H,3-10H2,1-2H3. The minimum atomic E-state index is -0.180. The summed E-state index contributed by atoms with van der Waals surface area (Å²) in [7, 11) is 3.78. The van der Waals surface area contributed by atoms with Crippen LogP contribution < -0.4 is 0 Å². The Hall–Kier alpha value is -0.450. The third-order valence-corrected chi connectivity index (χ3v) is 3.21. The highest BCUT2D eigenvalue weighted by Gasteiger charge is 2.33. The molecule has 0 radical (unpaired) electrons. The topological polar surface area (TPSA) is 38.8 Å². The normalized spacial score (nSPS) is 19.9. The van der Waals surface area contributed by atoms with Crippen LogP contribution in [-0.4, -0.2) is 58.3 Å². The van der Waals surface area contributed by atoms with Crippen LogP contribution in [0.1, 0.15) is 19.3 Å². The molecule has 0 atom stereocenters. The summed E-state index contributed by atoms with van der Waals surface area (Å²) < 4.78 is 10.3. The zero-order valence-electron chi connectivity index (χ0n) is 10.4. The van der Waals surface area contributed by atoms with E-state index in [4.69, 9.17) is 9.47 Å². The maximum Gasteiger partial charge on any atom is 0.127 e. The molecule has 16 heavy (non-hydrogen) atoms. The zero-order valence-corrected chi connectivity index (χ0v) is 10.4. The van der Waals surface area contributed by atoms with E-state index in [0.717, 1.165) is 45.2 Å². The molecule has 1 aliphatic rings. The van der Waals surface area contributed by atoms with Gasteiger partial charge in [0.15, 0.2) is 0 Å². The van der Waals surface area contributed by atoms with Gasteiger partial charge in [0.05, 0.1) is 0 Å². The fourth-order valence-electron chi connectivity index (χ4n) is 2.19. The number of rotatable bonds is 7. The lowest BCUT2D eigenvalue weighted by Crippen LogP contribution is -2.41. The lowest BCUT2D eigenvalue weighted by Gasteiger charge is -2.35. The zero-order chi connectivity index (χ0) is 11.9. The molecule has 0 N–H and O–H groups in total. The van der Waals surface area contributed by atoms with E-state index < -0.39 is 0 Å². The molecule has 4 heteroatoms. The molecule has 0 bridgehead atoms. The van der Waals surface area contributed by atoms with Gasteiger partial charge in [-0.25, -0.2) is 0 Å². The maximum atomic E-state index is 11.2. The highest BCUT2D eigenvalue weighted by atomic mass is 16.5. The molecule has 4 nitrogen and oxygen atoms in total. The maximum absolute atomic E-state index is 11.2. The summed E-state index contributed by atoms with van der Waals surface area (Å²) in [4.78, 5) is 13.5. The van der Waals surface area contributed by atoms with Crippen LogP contribution in [0.3, 0.4) is 0 Å². The number of ether oxygens (including phenoxy) is 2. The van der Waals surface area contributed by atoms with Gasteiger partial charge < -0.3 is 19.2 Å². The van der Waals surface area contributed by atoms with Gasteiger partial charge in [-0.05, 0) is 26.3 Å². The Morgan fingerprint density at radius 1 is 1.44 bits per heavy atom. The van der Waals surface area contributed by atoms with Crippen LogP contribution in [0.15, 0.2) is 0 Å². The summed E-state index contributed by atoms with van der Waals surface area (Å²) in [5.74, 6) is 0. The van der Waals surface area contributed by atoms with Crippen LogP contribution in [-0.2, 0) is 14.3 Å². The van der Waals surface area contributed by atoms with Gasteiger partial charge in [0.2, 0.25) is 0 Å². The number of methoxy groups -OCH3 is 1. The van der Waals surface area contributed by atoms with Crippen molar-refractivity contribution in [1.29, 1.82) is 0 Å². The molecule has 94 valence electrons. The minimum absolute atomic E-state index is 0.180. The summed E-state index contributed by atoms with van der Waals surface area (Å²) in [5.41, 5.74) is -0.180. The molecule has 1 heterocycles. The molecule has 0 spiro atoms. The number of hydrogen-bond acceptors (Lipinski definition) is 4. The average Bonchev–Trinajstić information content (AvgIpc) is 2.30. The fraction of sp³-hybridized carbons (Fsp3) is 0.917. The SMILES string of the molecule is COCCCN(C)CC1(C=O)CCOCC1. The van der Waals surface area contributed by atoms with Gasteiger partial charge in [-0.3, -0.25) is 0 Å². The smallest absolute Gasteiger partial charge is 0.127 e. The van der Waals surface area contributed by atoms with Gasteiger partial charge in [-0.2, -0.15) is 0 Å². The predicted octanol–water partition coefficient (Wildman–Crippen LogP) is 0.950. The molecule has 0 aromatic carbocycles. The molecular weight excluding hydrogens is 206 g/mol. The molecular formula is C12H23NO3. The Morgan fingerprint density at radius 3 is 2.69 bits per heavy atom. The van der Waals surface area contributed by atoms with Crippen molar-refractivity contribution in [3.63, 3.8) is 0 Å². The monoisotopic (exact) mass is 229 g/mol. The summed E-state index contributed by atoms with van der Waals surface area (Å²) in [5, 5.41) is 0. The molecule has 0 saturated carbocycles. The van der Waals surface area contributed by atoms with E-state index >= 15 is 0 Å². The number of aldehydes is 1. The first-order valence-electron chi connectivity index (χ1n) is 5.94. The molecule has 1 rings (SSSR count). The minimum Gasteiger partial charge on any atom is -0.385 e. The van der Waals surface area contributed by atoms with Crippen molar-refractivity contribution in [2.24, 2.45) is 5.41 Å². The number of carbonyl (C=O) groups is 1. The Bertz CT molecular complexity index is 202. The number of nitrogens with zero attached hydrogens (tertiary/aromatic N) is 1. The molecule has 1 aliphatic heterocycles. The third-order valence-electron chi connectivity index (χ3n) is 3.21. The van der Waals surface area contributed by atoms with Crippen LogP contribution >= 0.6 is 0 Å².